The molecular formula is C39H67N5O4. The van der Waals surface area contributed by atoms with Crippen molar-refractivity contribution in [3.8, 4) is 0 Å². The third kappa shape index (κ3) is 21.7. The van der Waals surface area contributed by atoms with Crippen LogP contribution in [0.2, 0.25) is 0 Å². The van der Waals surface area contributed by atoms with Crippen LogP contribution in [0.25, 0.3) is 0 Å². The lowest BCUT2D eigenvalue weighted by Crippen LogP contribution is -2.45. The number of amides is 1. The molecule has 1 rings (SSSR count). The third-order valence-electron chi connectivity index (χ3n) is 9.01. The normalized spacial score (nSPS) is 13.1. The van der Waals surface area contributed by atoms with Crippen molar-refractivity contribution in [3.63, 3.8) is 0 Å². The number of hydrogen-bond acceptors (Lipinski definition) is 6. The molecule has 0 bridgehead atoms. The van der Waals surface area contributed by atoms with Crippen LogP contribution >= 0.6 is 0 Å². The third-order valence-corrected chi connectivity index (χ3v) is 9.01. The largest absolute Gasteiger partial charge is 0.370 e. The topological polar surface area (TPSA) is 158 Å². The predicted molar refractivity (Wildman–Crippen MR) is 196 cm³/mol. The second-order valence-corrected chi connectivity index (χ2v) is 14.1. The smallest absolute Gasteiger partial charge is 0.224 e. The van der Waals surface area contributed by atoms with Crippen molar-refractivity contribution in [2.45, 2.75) is 162 Å². The van der Waals surface area contributed by atoms with Gasteiger partial charge in [-0.2, -0.15) is 0 Å². The van der Waals surface area contributed by atoms with Gasteiger partial charge in [0.2, 0.25) is 5.91 Å². The van der Waals surface area contributed by atoms with Gasteiger partial charge in [-0.05, 0) is 50.7 Å². The van der Waals surface area contributed by atoms with E-state index < -0.39 is 17.9 Å². The van der Waals surface area contributed by atoms with Crippen LogP contribution in [-0.2, 0) is 25.6 Å². The molecule has 272 valence electrons. The lowest BCUT2D eigenvalue weighted by Gasteiger charge is -2.24. The number of nitrogens with two attached hydrogens (primary N) is 2. The fraction of sp³-hybridized carbons (Fsp3) is 0.744. The quantitative estimate of drug-likeness (QED) is 0.0437. The van der Waals surface area contributed by atoms with Crippen LogP contribution < -0.4 is 16.8 Å². The Hall–Kier alpha value is -3.10. The van der Waals surface area contributed by atoms with Crippen molar-refractivity contribution >= 4 is 29.2 Å². The second kappa shape index (κ2) is 26.8. The van der Waals surface area contributed by atoms with Gasteiger partial charge in [0.05, 0.1) is 12.0 Å². The maximum Gasteiger partial charge on any atom is 0.224 e. The Labute approximate surface area is 291 Å². The number of nitrogens with one attached hydrogen (secondary N) is 1. The number of ketones is 3. The van der Waals surface area contributed by atoms with Crippen LogP contribution in [0.4, 0.5) is 0 Å². The molecule has 9 heteroatoms. The average molecular weight is 670 g/mol. The first-order valence-corrected chi connectivity index (χ1v) is 18.8. The Morgan fingerprint density at radius 3 is 1.94 bits per heavy atom. The van der Waals surface area contributed by atoms with Gasteiger partial charge in [0, 0.05) is 50.0 Å². The number of guanidine groups is 1. The molecule has 0 spiro atoms. The number of aromatic nitrogens is 1. The first-order chi connectivity index (χ1) is 23.0. The number of aliphatic imine (C=N–C) groups is 1. The highest BCUT2D eigenvalue weighted by molar-refractivity contribution is 5.94. The van der Waals surface area contributed by atoms with E-state index in [4.69, 9.17) is 11.5 Å². The summed E-state index contributed by atoms with van der Waals surface area (Å²) in [5.74, 6) is -1.35. The Kier molecular flexibility index (Phi) is 24.0. The van der Waals surface area contributed by atoms with Crippen molar-refractivity contribution in [3.05, 3.63) is 30.1 Å². The maximum absolute atomic E-state index is 13.7. The van der Waals surface area contributed by atoms with Gasteiger partial charge in [-0.3, -0.25) is 29.2 Å². The molecule has 0 aliphatic carbocycles. The molecule has 3 atom stereocenters. The first-order valence-electron chi connectivity index (χ1n) is 18.8. The summed E-state index contributed by atoms with van der Waals surface area (Å²) in [5, 5.41) is 2.95. The molecule has 0 saturated carbocycles. The molecule has 9 nitrogen and oxygen atoms in total. The average Bonchev–Trinajstić information content (AvgIpc) is 3.04. The Morgan fingerprint density at radius 2 is 1.42 bits per heavy atom. The van der Waals surface area contributed by atoms with Crippen LogP contribution in [-0.4, -0.2) is 46.8 Å². The molecule has 0 fully saturated rings. The van der Waals surface area contributed by atoms with E-state index in [0.717, 1.165) is 25.0 Å². The van der Waals surface area contributed by atoms with E-state index in [1.165, 1.54) is 71.1 Å². The molecule has 5 N–H and O–H groups in total. The zero-order chi connectivity index (χ0) is 35.6. The van der Waals surface area contributed by atoms with E-state index in [1.807, 2.05) is 32.0 Å². The van der Waals surface area contributed by atoms with Crippen LogP contribution in [0.5, 0.6) is 0 Å². The number of Topliss-reactive ketones (excluding diaryl/α,β-unsaturated/α-hetero) is 3. The van der Waals surface area contributed by atoms with E-state index in [-0.39, 0.29) is 48.0 Å². The van der Waals surface area contributed by atoms with Gasteiger partial charge < -0.3 is 16.8 Å². The summed E-state index contributed by atoms with van der Waals surface area (Å²) in [7, 11) is 0. The van der Waals surface area contributed by atoms with Gasteiger partial charge in [0.1, 0.15) is 11.6 Å². The molecule has 0 aromatic carbocycles. The Morgan fingerprint density at radius 1 is 0.812 bits per heavy atom. The van der Waals surface area contributed by atoms with Crippen molar-refractivity contribution in [1.29, 1.82) is 0 Å². The van der Waals surface area contributed by atoms with Gasteiger partial charge in [0.15, 0.2) is 11.7 Å². The van der Waals surface area contributed by atoms with Crippen molar-refractivity contribution < 1.29 is 19.2 Å². The second-order valence-electron chi connectivity index (χ2n) is 14.1. The minimum absolute atomic E-state index is 0.0329. The van der Waals surface area contributed by atoms with E-state index in [1.54, 1.807) is 6.20 Å². The molecule has 1 amide bonds. The Balaban J connectivity index is 2.75. The fourth-order valence-electron chi connectivity index (χ4n) is 6.20. The zero-order valence-corrected chi connectivity index (χ0v) is 30.7. The summed E-state index contributed by atoms with van der Waals surface area (Å²) >= 11 is 0. The predicted octanol–water partition coefficient (Wildman–Crippen LogP) is 7.43. The SMILES string of the molecule is CCCCCCCCCCCCCCCC(=O)C[C@H](Cc1ccccn1)C(=O)N[C@@H](CCCN=C(N)N)C(=O)C[C@@H](CC(C)C)C(C)=O. The highest BCUT2D eigenvalue weighted by Crippen LogP contribution is 2.21. The number of unbranched alkanes of at least 4 members (excludes halogenated alkanes) is 12. The molecular weight excluding hydrogens is 602 g/mol. The van der Waals surface area contributed by atoms with E-state index in [0.29, 0.717) is 38.6 Å². The maximum atomic E-state index is 13.7. The molecule has 1 aromatic heterocycles. The van der Waals surface area contributed by atoms with Crippen molar-refractivity contribution in [1.82, 2.24) is 10.3 Å². The zero-order valence-electron chi connectivity index (χ0n) is 30.7. The molecule has 1 aromatic rings. The van der Waals surface area contributed by atoms with Gasteiger partial charge >= 0.3 is 0 Å². The summed E-state index contributed by atoms with van der Waals surface area (Å²) in [6.07, 6.45) is 20.1. The minimum atomic E-state index is -0.803. The van der Waals surface area contributed by atoms with Crippen LogP contribution in [0.1, 0.15) is 155 Å². The number of carbonyl (C=O) groups is 4. The highest BCUT2D eigenvalue weighted by atomic mass is 16.2. The number of pyridine rings is 1. The molecule has 48 heavy (non-hydrogen) atoms. The molecule has 0 radical (unpaired) electrons. The Bertz CT molecular complexity index is 1070. The number of nitrogens with zero attached hydrogens (tertiary/aromatic N) is 2. The number of carbonyl (C=O) groups excluding carboxylic acids is 4. The van der Waals surface area contributed by atoms with Gasteiger partial charge in [-0.1, -0.05) is 104 Å². The van der Waals surface area contributed by atoms with Crippen LogP contribution in [0.15, 0.2) is 29.4 Å². The highest BCUT2D eigenvalue weighted by Gasteiger charge is 2.30. The summed E-state index contributed by atoms with van der Waals surface area (Å²) < 4.78 is 0. The first kappa shape index (κ1) is 42.9. The van der Waals surface area contributed by atoms with E-state index >= 15 is 0 Å². The minimum Gasteiger partial charge on any atom is -0.370 e. The van der Waals surface area contributed by atoms with Gasteiger partial charge in [-0.25, -0.2) is 0 Å². The molecule has 0 aliphatic heterocycles. The molecule has 0 aliphatic rings. The summed E-state index contributed by atoms with van der Waals surface area (Å²) in [6.45, 7) is 8.12. The van der Waals surface area contributed by atoms with Gasteiger partial charge in [-0.15, -0.1) is 0 Å². The fourth-order valence-corrected chi connectivity index (χ4v) is 6.20. The molecule has 0 saturated heterocycles. The monoisotopic (exact) mass is 670 g/mol. The van der Waals surface area contributed by atoms with E-state index in [2.05, 4.69) is 22.2 Å². The molecule has 1 heterocycles. The lowest BCUT2D eigenvalue weighted by molar-refractivity contribution is -0.133. The van der Waals surface area contributed by atoms with Crippen LogP contribution in [0, 0.1) is 17.8 Å². The summed E-state index contributed by atoms with van der Waals surface area (Å²) in [4.78, 5) is 61.1. The van der Waals surface area contributed by atoms with E-state index in [9.17, 15) is 19.2 Å². The summed E-state index contributed by atoms with van der Waals surface area (Å²) in [5.41, 5.74) is 11.7. The van der Waals surface area contributed by atoms with Crippen molar-refractivity contribution in [2.75, 3.05) is 6.54 Å². The number of rotatable bonds is 30. The standard InChI is InChI=1S/C39H67N5O4/c1-5-6-7-8-9-10-11-12-13-14-15-16-17-22-35(46)28-33(27-34-21-18-19-24-42-34)38(48)44-36(23-20-25-43-39(40)41)37(47)29-32(31(4)45)26-30(2)3/h18-19,21,24,30,32-33,36H,5-17,20,22-23,25-29H2,1-4H3,(H,44,48)(H4,40,41,43)/t32-,33+,36+/m1/s1. The number of hydrogen-bond donors (Lipinski definition) is 3. The van der Waals surface area contributed by atoms with Crippen molar-refractivity contribution in [2.24, 2.45) is 34.2 Å². The molecule has 0 unspecified atom stereocenters. The van der Waals surface area contributed by atoms with Gasteiger partial charge in [0.25, 0.3) is 0 Å². The van der Waals surface area contributed by atoms with Crippen LogP contribution in [0.3, 0.4) is 0 Å². The summed E-state index contributed by atoms with van der Waals surface area (Å²) in [6, 6.07) is 4.72. The lowest BCUT2D eigenvalue weighted by atomic mass is 9.87.